The SMILES string of the molecule is CN=C(NCc1ccccc1COC)Nc1ccc2c(c1)OCCCO2. The number of fused-ring (bicyclic) bond motifs is 1. The Balaban J connectivity index is 1.64. The van der Waals surface area contributed by atoms with Gasteiger partial charge in [0.2, 0.25) is 0 Å². The molecule has 0 radical (unpaired) electrons. The highest BCUT2D eigenvalue weighted by Gasteiger charge is 2.11. The minimum absolute atomic E-state index is 0.589. The molecule has 0 unspecified atom stereocenters. The summed E-state index contributed by atoms with van der Waals surface area (Å²) in [5.74, 6) is 2.23. The van der Waals surface area contributed by atoms with Crippen LogP contribution in [-0.4, -0.2) is 33.3 Å². The topological polar surface area (TPSA) is 64.1 Å². The third-order valence-electron chi connectivity index (χ3n) is 4.10. The summed E-state index contributed by atoms with van der Waals surface area (Å²) < 4.78 is 16.7. The fourth-order valence-corrected chi connectivity index (χ4v) is 2.76. The number of benzene rings is 2. The third-order valence-corrected chi connectivity index (χ3v) is 4.10. The zero-order valence-electron chi connectivity index (χ0n) is 15.2. The van der Waals surface area contributed by atoms with Crippen LogP contribution >= 0.6 is 0 Å². The van der Waals surface area contributed by atoms with E-state index < -0.39 is 0 Å². The first kappa shape index (κ1) is 18.1. The van der Waals surface area contributed by atoms with E-state index in [1.807, 2.05) is 30.3 Å². The number of methoxy groups -OCH3 is 1. The van der Waals surface area contributed by atoms with Gasteiger partial charge in [-0.1, -0.05) is 24.3 Å². The quantitative estimate of drug-likeness (QED) is 0.637. The van der Waals surface area contributed by atoms with Crippen LogP contribution in [-0.2, 0) is 17.9 Å². The number of anilines is 1. The summed E-state index contributed by atoms with van der Waals surface area (Å²) in [6.07, 6.45) is 0.890. The Morgan fingerprint density at radius 1 is 1.08 bits per heavy atom. The molecule has 1 aliphatic heterocycles. The predicted octanol–water partition coefficient (Wildman–Crippen LogP) is 3.18. The van der Waals surface area contributed by atoms with Crippen molar-refractivity contribution in [1.29, 1.82) is 0 Å². The van der Waals surface area contributed by atoms with Crippen LogP contribution in [0.3, 0.4) is 0 Å². The maximum Gasteiger partial charge on any atom is 0.195 e. The lowest BCUT2D eigenvalue weighted by Crippen LogP contribution is -2.30. The lowest BCUT2D eigenvalue weighted by Gasteiger charge is -2.15. The average molecular weight is 355 g/mol. The van der Waals surface area contributed by atoms with E-state index in [9.17, 15) is 0 Å². The first-order valence-corrected chi connectivity index (χ1v) is 8.73. The summed E-state index contributed by atoms with van der Waals surface area (Å²) in [7, 11) is 3.45. The van der Waals surface area contributed by atoms with Gasteiger partial charge in [-0.05, 0) is 23.3 Å². The molecule has 2 aromatic rings. The molecular weight excluding hydrogens is 330 g/mol. The van der Waals surface area contributed by atoms with E-state index in [1.165, 1.54) is 5.56 Å². The van der Waals surface area contributed by atoms with E-state index >= 15 is 0 Å². The Bertz CT molecular complexity index is 762. The van der Waals surface area contributed by atoms with Crippen molar-refractivity contribution >= 4 is 11.6 Å². The summed E-state index contributed by atoms with van der Waals surface area (Å²) >= 11 is 0. The maximum atomic E-state index is 5.74. The lowest BCUT2D eigenvalue weighted by molar-refractivity contribution is 0.184. The van der Waals surface area contributed by atoms with Gasteiger partial charge in [0.25, 0.3) is 0 Å². The van der Waals surface area contributed by atoms with Gasteiger partial charge in [-0.15, -0.1) is 0 Å². The summed E-state index contributed by atoms with van der Waals surface area (Å²) in [6.45, 7) is 2.60. The lowest BCUT2D eigenvalue weighted by atomic mass is 10.1. The second-order valence-corrected chi connectivity index (χ2v) is 5.96. The molecule has 2 N–H and O–H groups in total. The van der Waals surface area contributed by atoms with Crippen LogP contribution in [0.1, 0.15) is 17.5 Å². The molecule has 0 spiro atoms. The molecule has 0 saturated carbocycles. The van der Waals surface area contributed by atoms with Gasteiger partial charge < -0.3 is 24.8 Å². The second kappa shape index (κ2) is 9.10. The Morgan fingerprint density at radius 2 is 1.85 bits per heavy atom. The van der Waals surface area contributed by atoms with E-state index in [4.69, 9.17) is 14.2 Å². The molecule has 3 rings (SSSR count). The Kier molecular flexibility index (Phi) is 6.33. The van der Waals surface area contributed by atoms with Crippen LogP contribution in [0.25, 0.3) is 0 Å². The Hall–Kier alpha value is -2.73. The molecule has 2 aromatic carbocycles. The molecule has 0 aliphatic carbocycles. The fourth-order valence-electron chi connectivity index (χ4n) is 2.76. The predicted molar refractivity (Wildman–Crippen MR) is 103 cm³/mol. The normalized spacial score (nSPS) is 13.8. The number of ether oxygens (including phenoxy) is 3. The van der Waals surface area contributed by atoms with Gasteiger partial charge in [0.05, 0.1) is 19.8 Å². The van der Waals surface area contributed by atoms with Crippen molar-refractivity contribution in [3.05, 3.63) is 53.6 Å². The smallest absolute Gasteiger partial charge is 0.195 e. The number of hydrogen-bond acceptors (Lipinski definition) is 4. The monoisotopic (exact) mass is 355 g/mol. The second-order valence-electron chi connectivity index (χ2n) is 5.96. The summed E-state index contributed by atoms with van der Waals surface area (Å²) in [6, 6.07) is 14.0. The van der Waals surface area contributed by atoms with Crippen molar-refractivity contribution in [2.45, 2.75) is 19.6 Å². The summed E-state index contributed by atoms with van der Waals surface area (Å²) in [4.78, 5) is 4.30. The molecule has 0 aromatic heterocycles. The minimum Gasteiger partial charge on any atom is -0.490 e. The van der Waals surface area contributed by atoms with Crippen LogP contribution < -0.4 is 20.1 Å². The van der Waals surface area contributed by atoms with Crippen LogP contribution in [0.4, 0.5) is 5.69 Å². The van der Waals surface area contributed by atoms with Gasteiger partial charge in [-0.2, -0.15) is 0 Å². The van der Waals surface area contributed by atoms with E-state index in [1.54, 1.807) is 14.2 Å². The molecule has 0 atom stereocenters. The van der Waals surface area contributed by atoms with Crippen molar-refractivity contribution in [2.24, 2.45) is 4.99 Å². The fraction of sp³-hybridized carbons (Fsp3) is 0.350. The molecule has 1 aliphatic rings. The van der Waals surface area contributed by atoms with Crippen LogP contribution in [0, 0.1) is 0 Å². The number of nitrogens with zero attached hydrogens (tertiary/aromatic N) is 1. The highest BCUT2D eigenvalue weighted by Crippen LogP contribution is 2.32. The number of aliphatic imine (C=N–C) groups is 1. The Labute approximate surface area is 154 Å². The van der Waals surface area contributed by atoms with Crippen LogP contribution in [0.15, 0.2) is 47.5 Å². The molecule has 0 saturated heterocycles. The van der Waals surface area contributed by atoms with Crippen molar-refractivity contribution in [1.82, 2.24) is 5.32 Å². The third kappa shape index (κ3) is 4.67. The maximum absolute atomic E-state index is 5.74. The van der Waals surface area contributed by atoms with E-state index in [-0.39, 0.29) is 0 Å². The molecule has 0 amide bonds. The number of guanidine groups is 1. The zero-order valence-corrected chi connectivity index (χ0v) is 15.2. The zero-order chi connectivity index (χ0) is 18.2. The molecule has 26 heavy (non-hydrogen) atoms. The molecule has 6 nitrogen and oxygen atoms in total. The standard InChI is InChI=1S/C20H25N3O3/c1-21-20(22-13-15-6-3-4-7-16(15)14-24-2)23-17-8-9-18-19(12-17)26-11-5-10-25-18/h3-4,6-9,12H,5,10-11,13-14H2,1-2H3,(H2,21,22,23). The van der Waals surface area contributed by atoms with Crippen molar-refractivity contribution in [3.8, 4) is 11.5 Å². The molecular formula is C20H25N3O3. The van der Waals surface area contributed by atoms with Gasteiger partial charge in [0.1, 0.15) is 0 Å². The molecule has 0 fully saturated rings. The highest BCUT2D eigenvalue weighted by atomic mass is 16.5. The number of nitrogens with one attached hydrogen (secondary N) is 2. The van der Waals surface area contributed by atoms with Gasteiger partial charge in [-0.3, -0.25) is 4.99 Å². The highest BCUT2D eigenvalue weighted by molar-refractivity contribution is 5.93. The molecule has 0 bridgehead atoms. The number of hydrogen-bond donors (Lipinski definition) is 2. The first-order chi connectivity index (χ1) is 12.8. The van der Waals surface area contributed by atoms with Gasteiger partial charge in [0, 0.05) is 38.9 Å². The van der Waals surface area contributed by atoms with Gasteiger partial charge in [-0.25, -0.2) is 0 Å². The van der Waals surface area contributed by atoms with Crippen LogP contribution in [0.5, 0.6) is 11.5 Å². The van der Waals surface area contributed by atoms with Crippen molar-refractivity contribution in [3.63, 3.8) is 0 Å². The summed E-state index contributed by atoms with van der Waals surface area (Å²) in [5, 5.41) is 6.63. The largest absolute Gasteiger partial charge is 0.490 e. The molecule has 1 heterocycles. The average Bonchev–Trinajstić information content (AvgIpc) is 2.91. The van der Waals surface area contributed by atoms with E-state index in [0.29, 0.717) is 32.3 Å². The minimum atomic E-state index is 0.589. The summed E-state index contributed by atoms with van der Waals surface area (Å²) in [5.41, 5.74) is 3.23. The van der Waals surface area contributed by atoms with Gasteiger partial charge in [0.15, 0.2) is 17.5 Å². The molecule has 138 valence electrons. The van der Waals surface area contributed by atoms with Crippen molar-refractivity contribution in [2.75, 3.05) is 32.7 Å². The molecule has 6 heteroatoms. The number of rotatable bonds is 5. The van der Waals surface area contributed by atoms with Gasteiger partial charge >= 0.3 is 0 Å². The first-order valence-electron chi connectivity index (χ1n) is 8.73. The van der Waals surface area contributed by atoms with E-state index in [2.05, 4.69) is 27.8 Å². The van der Waals surface area contributed by atoms with E-state index in [0.717, 1.165) is 29.2 Å². The van der Waals surface area contributed by atoms with Crippen molar-refractivity contribution < 1.29 is 14.2 Å². The van der Waals surface area contributed by atoms with Crippen LogP contribution in [0.2, 0.25) is 0 Å². The Morgan fingerprint density at radius 3 is 2.62 bits per heavy atom.